The standard InChI is InChI=1S/C28H33FN2O3/c29-23-8-6-22(7-9-23)24-20-30-25(32)19-27(24)10-14-31(15-11-27)26(33)28(12-16-34-17-13-28)18-21-4-2-1-3-5-21/h1-9,24H,10-20H2,(H,30,32). The Labute approximate surface area is 200 Å². The van der Waals surface area contributed by atoms with Crippen LogP contribution in [-0.2, 0) is 20.7 Å². The van der Waals surface area contributed by atoms with Crippen LogP contribution in [0.25, 0.3) is 0 Å². The number of hydrogen-bond donors (Lipinski definition) is 1. The van der Waals surface area contributed by atoms with E-state index in [1.165, 1.54) is 17.7 Å². The smallest absolute Gasteiger partial charge is 0.229 e. The zero-order chi connectivity index (χ0) is 23.6. The zero-order valence-corrected chi connectivity index (χ0v) is 19.6. The van der Waals surface area contributed by atoms with Gasteiger partial charge in [-0.05, 0) is 60.8 Å². The van der Waals surface area contributed by atoms with Crippen molar-refractivity contribution in [1.82, 2.24) is 10.2 Å². The van der Waals surface area contributed by atoms with E-state index >= 15 is 0 Å². The monoisotopic (exact) mass is 464 g/mol. The zero-order valence-electron chi connectivity index (χ0n) is 19.6. The van der Waals surface area contributed by atoms with Gasteiger partial charge in [0.2, 0.25) is 11.8 Å². The number of carbonyl (C=O) groups is 2. The molecule has 2 aromatic carbocycles. The number of ether oxygens (including phenoxy) is 1. The third-order valence-electron chi connectivity index (χ3n) is 8.36. The van der Waals surface area contributed by atoms with Gasteiger partial charge in [-0.25, -0.2) is 4.39 Å². The van der Waals surface area contributed by atoms with Gasteiger partial charge in [-0.1, -0.05) is 42.5 Å². The molecule has 0 aromatic heterocycles. The molecule has 3 heterocycles. The van der Waals surface area contributed by atoms with Crippen molar-refractivity contribution < 1.29 is 18.7 Å². The second-order valence-corrected chi connectivity index (χ2v) is 10.3. The van der Waals surface area contributed by atoms with Gasteiger partial charge in [-0.15, -0.1) is 0 Å². The Bertz CT molecular complexity index is 1010. The van der Waals surface area contributed by atoms with Crippen molar-refractivity contribution >= 4 is 11.8 Å². The molecule has 1 unspecified atom stereocenters. The van der Waals surface area contributed by atoms with Gasteiger partial charge < -0.3 is 15.0 Å². The highest BCUT2D eigenvalue weighted by molar-refractivity contribution is 5.83. The SMILES string of the molecule is O=C1CC2(CCN(C(=O)C3(Cc4ccccc4)CCOCC3)CC2)C(c2ccc(F)cc2)CN1. The van der Waals surface area contributed by atoms with Crippen LogP contribution in [0.15, 0.2) is 54.6 Å². The largest absolute Gasteiger partial charge is 0.381 e. The molecular formula is C28H33FN2O3. The lowest BCUT2D eigenvalue weighted by Crippen LogP contribution is -2.56. The van der Waals surface area contributed by atoms with Crippen molar-refractivity contribution in [3.05, 3.63) is 71.5 Å². The first kappa shape index (κ1) is 23.0. The Kier molecular flexibility index (Phi) is 6.43. The molecule has 1 N–H and O–H groups in total. The summed E-state index contributed by atoms with van der Waals surface area (Å²) in [5, 5.41) is 3.01. The Balaban J connectivity index is 1.34. The van der Waals surface area contributed by atoms with Gasteiger partial charge in [0.25, 0.3) is 0 Å². The minimum absolute atomic E-state index is 0.0723. The molecule has 180 valence electrons. The minimum Gasteiger partial charge on any atom is -0.381 e. The van der Waals surface area contributed by atoms with Crippen LogP contribution in [0.3, 0.4) is 0 Å². The Hall–Kier alpha value is -2.73. The van der Waals surface area contributed by atoms with E-state index in [1.54, 1.807) is 0 Å². The number of rotatable bonds is 4. The van der Waals surface area contributed by atoms with E-state index in [9.17, 15) is 14.0 Å². The molecule has 2 amide bonds. The highest BCUT2D eigenvalue weighted by Gasteiger charge is 2.49. The van der Waals surface area contributed by atoms with Crippen molar-refractivity contribution in [3.8, 4) is 0 Å². The van der Waals surface area contributed by atoms with Crippen molar-refractivity contribution in [2.75, 3.05) is 32.8 Å². The summed E-state index contributed by atoms with van der Waals surface area (Å²) < 4.78 is 19.2. The lowest BCUT2D eigenvalue weighted by Gasteiger charge is -2.50. The number of piperidine rings is 2. The molecule has 34 heavy (non-hydrogen) atoms. The molecule has 5 nitrogen and oxygen atoms in total. The molecule has 0 aliphatic carbocycles. The van der Waals surface area contributed by atoms with Crippen LogP contribution >= 0.6 is 0 Å². The summed E-state index contributed by atoms with van der Waals surface area (Å²) in [7, 11) is 0. The second-order valence-electron chi connectivity index (χ2n) is 10.3. The molecule has 0 bridgehead atoms. The average Bonchev–Trinajstić information content (AvgIpc) is 2.86. The molecule has 6 heteroatoms. The predicted octanol–water partition coefficient (Wildman–Crippen LogP) is 4.08. The normalized spacial score (nSPS) is 24.0. The summed E-state index contributed by atoms with van der Waals surface area (Å²) in [5.74, 6) is 0.179. The average molecular weight is 465 g/mol. The van der Waals surface area contributed by atoms with Gasteiger partial charge in [0, 0.05) is 45.2 Å². The van der Waals surface area contributed by atoms with Gasteiger partial charge in [0.05, 0.1) is 5.41 Å². The fourth-order valence-electron chi connectivity index (χ4n) is 6.34. The molecule has 3 fully saturated rings. The molecule has 0 saturated carbocycles. The summed E-state index contributed by atoms with van der Waals surface area (Å²) >= 11 is 0. The molecule has 0 radical (unpaired) electrons. The molecule has 5 rings (SSSR count). The van der Waals surface area contributed by atoms with E-state index in [0.717, 1.165) is 37.7 Å². The van der Waals surface area contributed by atoms with Crippen LogP contribution in [0.1, 0.15) is 49.1 Å². The number of hydrogen-bond acceptors (Lipinski definition) is 3. The Morgan fingerprint density at radius 1 is 1.00 bits per heavy atom. The minimum atomic E-state index is -0.426. The van der Waals surface area contributed by atoms with Crippen molar-refractivity contribution in [2.45, 2.75) is 44.4 Å². The predicted molar refractivity (Wildman–Crippen MR) is 128 cm³/mol. The number of nitrogens with zero attached hydrogens (tertiary/aromatic N) is 1. The Morgan fingerprint density at radius 3 is 2.35 bits per heavy atom. The van der Waals surface area contributed by atoms with E-state index in [0.29, 0.717) is 39.3 Å². The number of benzene rings is 2. The lowest BCUT2D eigenvalue weighted by atomic mass is 9.62. The van der Waals surface area contributed by atoms with Gasteiger partial charge >= 0.3 is 0 Å². The first-order valence-electron chi connectivity index (χ1n) is 12.4. The third kappa shape index (κ3) is 4.48. The van der Waals surface area contributed by atoms with Crippen LogP contribution < -0.4 is 5.32 Å². The molecule has 2 aromatic rings. The van der Waals surface area contributed by atoms with Gasteiger partial charge in [0.15, 0.2) is 0 Å². The highest BCUT2D eigenvalue weighted by Crippen LogP contribution is 2.49. The van der Waals surface area contributed by atoms with E-state index < -0.39 is 5.41 Å². The number of carbonyl (C=O) groups excluding carboxylic acids is 2. The molecule has 1 spiro atoms. The van der Waals surface area contributed by atoms with Crippen molar-refractivity contribution in [2.24, 2.45) is 10.8 Å². The van der Waals surface area contributed by atoms with E-state index in [-0.39, 0.29) is 29.0 Å². The van der Waals surface area contributed by atoms with Crippen molar-refractivity contribution in [1.29, 1.82) is 0 Å². The first-order chi connectivity index (χ1) is 16.5. The topological polar surface area (TPSA) is 58.6 Å². The van der Waals surface area contributed by atoms with Gasteiger partial charge in [-0.2, -0.15) is 0 Å². The quantitative estimate of drug-likeness (QED) is 0.742. The number of halogens is 1. The number of nitrogens with one attached hydrogen (secondary N) is 1. The number of likely N-dealkylation sites (tertiary alicyclic amines) is 1. The fraction of sp³-hybridized carbons (Fsp3) is 0.500. The van der Waals surface area contributed by atoms with E-state index in [1.807, 2.05) is 35.2 Å². The maximum Gasteiger partial charge on any atom is 0.229 e. The van der Waals surface area contributed by atoms with Gasteiger partial charge in [-0.3, -0.25) is 9.59 Å². The van der Waals surface area contributed by atoms with Gasteiger partial charge in [0.1, 0.15) is 5.82 Å². The molecular weight excluding hydrogens is 431 g/mol. The van der Waals surface area contributed by atoms with Crippen LogP contribution in [0.4, 0.5) is 4.39 Å². The first-order valence-corrected chi connectivity index (χ1v) is 12.4. The van der Waals surface area contributed by atoms with Crippen LogP contribution in [0, 0.1) is 16.6 Å². The van der Waals surface area contributed by atoms with E-state index in [2.05, 4.69) is 17.4 Å². The van der Waals surface area contributed by atoms with Crippen molar-refractivity contribution in [3.63, 3.8) is 0 Å². The summed E-state index contributed by atoms with van der Waals surface area (Å²) in [4.78, 5) is 28.4. The molecule has 1 atom stereocenters. The molecule has 3 aliphatic rings. The maximum absolute atomic E-state index is 14.0. The van der Waals surface area contributed by atoms with Crippen LogP contribution in [-0.4, -0.2) is 49.6 Å². The maximum atomic E-state index is 14.0. The summed E-state index contributed by atoms with van der Waals surface area (Å²) in [5.41, 5.74) is 1.63. The number of amides is 2. The summed E-state index contributed by atoms with van der Waals surface area (Å²) in [6, 6.07) is 16.9. The highest BCUT2D eigenvalue weighted by atomic mass is 19.1. The fourth-order valence-corrected chi connectivity index (χ4v) is 6.34. The molecule has 3 saturated heterocycles. The Morgan fingerprint density at radius 2 is 1.68 bits per heavy atom. The van der Waals surface area contributed by atoms with Crippen LogP contribution in [0.5, 0.6) is 0 Å². The van der Waals surface area contributed by atoms with Crippen LogP contribution in [0.2, 0.25) is 0 Å². The second kappa shape index (κ2) is 9.49. The summed E-state index contributed by atoms with van der Waals surface area (Å²) in [6.07, 6.45) is 4.24. The molecule has 3 aliphatic heterocycles. The third-order valence-corrected chi connectivity index (χ3v) is 8.36. The van der Waals surface area contributed by atoms with E-state index in [4.69, 9.17) is 4.74 Å². The lowest BCUT2D eigenvalue weighted by molar-refractivity contribution is -0.151. The summed E-state index contributed by atoms with van der Waals surface area (Å²) in [6.45, 7) is 3.10.